The van der Waals surface area contributed by atoms with Crippen molar-refractivity contribution in [2.45, 2.75) is 126 Å². The Morgan fingerprint density at radius 3 is 2.37 bits per heavy atom. The first-order valence-electron chi connectivity index (χ1n) is 24.3. The predicted molar refractivity (Wildman–Crippen MR) is 257 cm³/mol. The van der Waals surface area contributed by atoms with Crippen molar-refractivity contribution in [2.24, 2.45) is 11.8 Å². The number of benzene rings is 5. The summed E-state index contributed by atoms with van der Waals surface area (Å²) in [7, 11) is 0. The fourth-order valence-corrected chi connectivity index (χ4v) is 14.1. The van der Waals surface area contributed by atoms with Crippen molar-refractivity contribution in [3.63, 3.8) is 0 Å². The number of hydrogen-bond donors (Lipinski definition) is 0. The Morgan fingerprint density at radius 1 is 0.667 bits per heavy atom. The third-order valence-corrected chi connectivity index (χ3v) is 17.3. The van der Waals surface area contributed by atoms with Crippen molar-refractivity contribution in [1.82, 2.24) is 0 Å². The summed E-state index contributed by atoms with van der Waals surface area (Å²) in [6.45, 7) is 9.73. The molecule has 2 heterocycles. The van der Waals surface area contributed by atoms with E-state index in [4.69, 9.17) is 9.47 Å². The summed E-state index contributed by atoms with van der Waals surface area (Å²) in [4.78, 5) is 2.58. The number of allylic oxidation sites excluding steroid dienone is 7. The molecule has 13 rings (SSSR count). The largest absolute Gasteiger partial charge is 0.494 e. The zero-order chi connectivity index (χ0) is 42.2. The lowest BCUT2D eigenvalue weighted by molar-refractivity contribution is 0.0143. The van der Waals surface area contributed by atoms with Gasteiger partial charge in [-0.3, -0.25) is 0 Å². The van der Waals surface area contributed by atoms with Crippen LogP contribution in [0.15, 0.2) is 145 Å². The van der Waals surface area contributed by atoms with Gasteiger partial charge in [0.05, 0.1) is 0 Å². The smallest absolute Gasteiger partial charge is 0.125 e. The van der Waals surface area contributed by atoms with E-state index in [0.717, 1.165) is 31.4 Å². The Balaban J connectivity index is 0.933. The van der Waals surface area contributed by atoms with Gasteiger partial charge in [-0.15, -0.1) is 0 Å². The van der Waals surface area contributed by atoms with Gasteiger partial charge in [0.15, 0.2) is 0 Å². The van der Waals surface area contributed by atoms with Gasteiger partial charge in [0.2, 0.25) is 0 Å². The molecule has 2 fully saturated rings. The Bertz CT molecular complexity index is 2840. The van der Waals surface area contributed by atoms with Crippen LogP contribution in [0.3, 0.4) is 0 Å². The Kier molecular flexibility index (Phi) is 8.42. The van der Waals surface area contributed by atoms with Crippen LogP contribution in [-0.2, 0) is 15.6 Å². The molecule has 6 atom stereocenters. The fraction of sp³-hybridized carbons (Fsp3) is 0.367. The molecule has 6 aliphatic carbocycles. The SMILES string of the molecule is CC1(C)c2ccccc2-c2ccc(C3C4Oc5cc(N(c6ccc7c(c6)C(C)(C)C6CC=CC=C76)c6ccccc6C6CCCCC6)ccc5C4C[C@@H]4OC5=C(C=CCC5)C34)cc21. The van der Waals surface area contributed by atoms with Gasteiger partial charge in [-0.05, 0) is 129 Å². The molecular formula is C60H59NO2. The molecular weight excluding hydrogens is 767 g/mol. The van der Waals surface area contributed by atoms with Crippen molar-refractivity contribution in [1.29, 1.82) is 0 Å². The molecule has 8 aliphatic rings. The van der Waals surface area contributed by atoms with Gasteiger partial charge >= 0.3 is 0 Å². The van der Waals surface area contributed by atoms with Gasteiger partial charge in [0.25, 0.3) is 0 Å². The van der Waals surface area contributed by atoms with Crippen LogP contribution in [0.4, 0.5) is 17.1 Å². The molecule has 63 heavy (non-hydrogen) atoms. The van der Waals surface area contributed by atoms with Crippen LogP contribution in [0.1, 0.15) is 142 Å². The maximum Gasteiger partial charge on any atom is 0.125 e. The molecule has 3 nitrogen and oxygen atoms in total. The van der Waals surface area contributed by atoms with E-state index in [2.05, 4.69) is 166 Å². The highest BCUT2D eigenvalue weighted by Crippen LogP contribution is 2.61. The molecule has 0 spiro atoms. The molecule has 0 radical (unpaired) electrons. The Labute approximate surface area is 374 Å². The summed E-state index contributed by atoms with van der Waals surface area (Å²) in [5.41, 5.74) is 19.3. The molecule has 2 aliphatic heterocycles. The minimum Gasteiger partial charge on any atom is -0.494 e. The Hall–Kier alpha value is -5.54. The standard InChI is InChI=1S/C60H59NO2/c1-59(2)48-22-12-8-19-41(48)43-29-26-37(32-50(43)59)56-57-46-21-11-15-25-53(46)62-55(57)35-47-45-31-28-39(34-54(45)63-58(47)56)61(52-24-14-10-18-40(52)36-16-6-5-7-17-36)38-27-30-44-42-20-9-13-23-49(42)60(3,4)51(44)33-38/h8-14,18-22,24,26-34,36,47,49,55-58H,5-7,15-17,23,25,35H2,1-4H3/t47?,49?,55-,56?,57?,58?/m0/s1. The summed E-state index contributed by atoms with van der Waals surface area (Å²) >= 11 is 0. The summed E-state index contributed by atoms with van der Waals surface area (Å²) < 4.78 is 14.6. The summed E-state index contributed by atoms with van der Waals surface area (Å²) in [6, 6.07) is 40.3. The lowest BCUT2D eigenvalue weighted by Crippen LogP contribution is -2.43. The molecule has 0 N–H and O–H groups in total. The molecule has 0 bridgehead atoms. The number of rotatable bonds is 5. The predicted octanol–water partition coefficient (Wildman–Crippen LogP) is 15.4. The minimum absolute atomic E-state index is 0.0150. The molecule has 5 aromatic carbocycles. The van der Waals surface area contributed by atoms with Crippen molar-refractivity contribution in [3.8, 4) is 16.9 Å². The molecule has 0 saturated heterocycles. The van der Waals surface area contributed by atoms with Crippen LogP contribution in [0, 0.1) is 11.8 Å². The van der Waals surface area contributed by atoms with Gasteiger partial charge in [-0.2, -0.15) is 0 Å². The maximum absolute atomic E-state index is 7.54. The number of nitrogens with zero attached hydrogens (tertiary/aromatic N) is 1. The first kappa shape index (κ1) is 38.0. The monoisotopic (exact) mass is 825 g/mol. The third kappa shape index (κ3) is 5.57. The average molecular weight is 826 g/mol. The van der Waals surface area contributed by atoms with E-state index in [-0.39, 0.29) is 40.8 Å². The zero-order valence-corrected chi connectivity index (χ0v) is 37.4. The first-order valence-corrected chi connectivity index (χ1v) is 24.3. The van der Waals surface area contributed by atoms with Crippen molar-refractivity contribution >= 4 is 22.6 Å². The highest BCUT2D eigenvalue weighted by molar-refractivity contribution is 5.86. The molecule has 5 unspecified atom stereocenters. The molecule has 0 aromatic heterocycles. The maximum atomic E-state index is 7.54. The summed E-state index contributed by atoms with van der Waals surface area (Å²) in [5.74, 6) is 4.01. The second-order valence-electron chi connectivity index (χ2n) is 21.2. The third-order valence-electron chi connectivity index (χ3n) is 17.3. The number of ether oxygens (including phenoxy) is 2. The normalized spacial score (nSPS) is 27.5. The van der Waals surface area contributed by atoms with E-state index >= 15 is 0 Å². The van der Waals surface area contributed by atoms with Crippen molar-refractivity contribution < 1.29 is 9.47 Å². The quantitative estimate of drug-likeness (QED) is 0.176. The van der Waals surface area contributed by atoms with Gasteiger partial charge < -0.3 is 14.4 Å². The van der Waals surface area contributed by atoms with Crippen molar-refractivity contribution in [2.75, 3.05) is 4.90 Å². The summed E-state index contributed by atoms with van der Waals surface area (Å²) in [5, 5.41) is 0. The van der Waals surface area contributed by atoms with Crippen LogP contribution in [0.5, 0.6) is 5.75 Å². The lowest BCUT2D eigenvalue weighted by Gasteiger charge is -2.41. The topological polar surface area (TPSA) is 21.7 Å². The highest BCUT2D eigenvalue weighted by atomic mass is 16.5. The van der Waals surface area contributed by atoms with Gasteiger partial charge in [0, 0.05) is 58.3 Å². The van der Waals surface area contributed by atoms with Crippen LogP contribution in [0.25, 0.3) is 16.7 Å². The second-order valence-corrected chi connectivity index (χ2v) is 21.2. The van der Waals surface area contributed by atoms with Crippen LogP contribution in [-0.4, -0.2) is 12.2 Å². The second kappa shape index (κ2) is 14.0. The van der Waals surface area contributed by atoms with E-state index in [1.165, 1.54) is 116 Å². The van der Waals surface area contributed by atoms with Crippen molar-refractivity contribution in [3.05, 3.63) is 184 Å². The zero-order valence-electron chi connectivity index (χ0n) is 37.4. The molecule has 5 aromatic rings. The number of fused-ring (bicyclic) bond motifs is 11. The molecule has 3 heteroatoms. The van der Waals surface area contributed by atoms with Gasteiger partial charge in [-0.1, -0.05) is 150 Å². The van der Waals surface area contributed by atoms with Crippen LogP contribution in [0.2, 0.25) is 0 Å². The van der Waals surface area contributed by atoms with Crippen LogP contribution >= 0.6 is 0 Å². The van der Waals surface area contributed by atoms with Gasteiger partial charge in [-0.25, -0.2) is 0 Å². The molecule has 2 saturated carbocycles. The lowest BCUT2D eigenvalue weighted by atomic mass is 9.64. The fourth-order valence-electron chi connectivity index (χ4n) is 14.1. The number of hydrogen-bond acceptors (Lipinski definition) is 3. The Morgan fingerprint density at radius 2 is 1.46 bits per heavy atom. The average Bonchev–Trinajstić information content (AvgIpc) is 4.01. The minimum atomic E-state index is -0.0683. The number of anilines is 3. The first-order chi connectivity index (χ1) is 30.8. The highest BCUT2D eigenvalue weighted by Gasteiger charge is 2.56. The van der Waals surface area contributed by atoms with E-state index in [1.807, 2.05) is 0 Å². The van der Waals surface area contributed by atoms with E-state index in [1.54, 1.807) is 0 Å². The van der Waals surface area contributed by atoms with E-state index < -0.39 is 0 Å². The number of para-hydroxylation sites is 1. The molecule has 0 amide bonds. The summed E-state index contributed by atoms with van der Waals surface area (Å²) in [6.07, 6.45) is 22.5. The van der Waals surface area contributed by atoms with Crippen LogP contribution < -0.4 is 9.64 Å². The molecule has 316 valence electrons. The van der Waals surface area contributed by atoms with E-state index in [0.29, 0.717) is 11.8 Å². The van der Waals surface area contributed by atoms with Gasteiger partial charge in [0.1, 0.15) is 23.7 Å². The van der Waals surface area contributed by atoms with E-state index in [9.17, 15) is 0 Å².